The first-order valence-electron chi connectivity index (χ1n) is 13.5. The van der Waals surface area contributed by atoms with Gasteiger partial charge in [-0.3, -0.25) is 14.4 Å². The summed E-state index contributed by atoms with van der Waals surface area (Å²) in [7, 11) is 0. The molecule has 3 atom stereocenters. The van der Waals surface area contributed by atoms with Gasteiger partial charge in [0.15, 0.2) is 0 Å². The molecule has 1 heterocycles. The molecule has 8 heteroatoms. The molecule has 198 valence electrons. The standard InChI is InChI=1S/C29H39N5O3/c30-16-6-12-25(31)29(37)34-19-24(32-27(35)13-4-9-20-7-2-1-3-8-20)18-26(34)28(36)33-23-15-14-21-10-5-11-22(21)17-23/h1-3,7-8,14-15,17,24-26H,4-6,9-13,16,18-19,30-31H2,(H,32,35)(H,33,36)/t24-,25-,26-/m0/s1. The lowest BCUT2D eigenvalue weighted by Crippen LogP contribution is -2.50. The molecule has 2 aromatic rings. The molecule has 1 fully saturated rings. The average Bonchev–Trinajstić information content (AvgIpc) is 3.54. The van der Waals surface area contributed by atoms with Gasteiger partial charge in [0.2, 0.25) is 17.7 Å². The Labute approximate surface area is 219 Å². The van der Waals surface area contributed by atoms with E-state index in [1.54, 1.807) is 4.90 Å². The summed E-state index contributed by atoms with van der Waals surface area (Å²) in [5.74, 6) is -0.595. The Morgan fingerprint density at radius 1 is 1.03 bits per heavy atom. The molecule has 0 bridgehead atoms. The molecule has 0 aromatic heterocycles. The molecule has 2 aromatic carbocycles. The Morgan fingerprint density at radius 2 is 1.81 bits per heavy atom. The van der Waals surface area contributed by atoms with Crippen LogP contribution in [0.5, 0.6) is 0 Å². The molecule has 37 heavy (non-hydrogen) atoms. The molecule has 8 nitrogen and oxygen atoms in total. The summed E-state index contributed by atoms with van der Waals surface area (Å²) in [6, 6.07) is 14.4. The second kappa shape index (κ2) is 12.8. The Kier molecular flexibility index (Phi) is 9.30. The first-order chi connectivity index (χ1) is 17.9. The number of rotatable bonds is 11. The van der Waals surface area contributed by atoms with Crippen LogP contribution in [-0.4, -0.2) is 53.8 Å². The zero-order chi connectivity index (χ0) is 26.2. The maximum Gasteiger partial charge on any atom is 0.247 e. The van der Waals surface area contributed by atoms with Gasteiger partial charge in [-0.05, 0) is 86.7 Å². The fourth-order valence-electron chi connectivity index (χ4n) is 5.38. The van der Waals surface area contributed by atoms with Crippen LogP contribution in [0.3, 0.4) is 0 Å². The molecule has 0 saturated carbocycles. The Balaban J connectivity index is 1.38. The van der Waals surface area contributed by atoms with E-state index in [0.717, 1.165) is 37.8 Å². The molecule has 1 aliphatic carbocycles. The van der Waals surface area contributed by atoms with Gasteiger partial charge in [-0.15, -0.1) is 0 Å². The second-order valence-corrected chi connectivity index (χ2v) is 10.2. The fraction of sp³-hybridized carbons (Fsp3) is 0.483. The van der Waals surface area contributed by atoms with E-state index in [-0.39, 0.29) is 30.3 Å². The largest absolute Gasteiger partial charge is 0.351 e. The minimum atomic E-state index is -0.723. The number of aryl methyl sites for hydroxylation is 3. The fourth-order valence-corrected chi connectivity index (χ4v) is 5.38. The van der Waals surface area contributed by atoms with E-state index >= 15 is 0 Å². The lowest BCUT2D eigenvalue weighted by atomic mass is 10.1. The van der Waals surface area contributed by atoms with Crippen molar-refractivity contribution in [3.05, 3.63) is 65.2 Å². The maximum absolute atomic E-state index is 13.3. The number of amides is 3. The van der Waals surface area contributed by atoms with Crippen molar-refractivity contribution in [2.45, 2.75) is 75.9 Å². The summed E-state index contributed by atoms with van der Waals surface area (Å²) in [5.41, 5.74) is 16.3. The first kappa shape index (κ1) is 26.8. The summed E-state index contributed by atoms with van der Waals surface area (Å²) >= 11 is 0. The van der Waals surface area contributed by atoms with Gasteiger partial charge in [0, 0.05) is 24.7 Å². The van der Waals surface area contributed by atoms with Gasteiger partial charge in [0.25, 0.3) is 0 Å². The van der Waals surface area contributed by atoms with Crippen molar-refractivity contribution >= 4 is 23.4 Å². The number of anilines is 1. The van der Waals surface area contributed by atoms with Crippen molar-refractivity contribution in [2.24, 2.45) is 11.5 Å². The third kappa shape index (κ3) is 7.17. The van der Waals surface area contributed by atoms with E-state index in [1.165, 1.54) is 16.7 Å². The van der Waals surface area contributed by atoms with Gasteiger partial charge in [-0.25, -0.2) is 0 Å². The maximum atomic E-state index is 13.3. The molecule has 2 aliphatic rings. The molecule has 0 unspecified atom stereocenters. The quantitative estimate of drug-likeness (QED) is 0.372. The SMILES string of the molecule is NCCC[C@H](N)C(=O)N1C[C@@H](NC(=O)CCCc2ccccc2)C[C@H]1C(=O)Nc1ccc2c(c1)CCC2. The summed E-state index contributed by atoms with van der Waals surface area (Å²) in [4.78, 5) is 40.8. The Hall–Kier alpha value is -3.23. The van der Waals surface area contributed by atoms with Crippen LogP contribution in [0.1, 0.15) is 55.2 Å². The number of fused-ring (bicyclic) bond motifs is 1. The van der Waals surface area contributed by atoms with E-state index in [4.69, 9.17) is 11.5 Å². The third-order valence-electron chi connectivity index (χ3n) is 7.37. The normalized spacial score (nSPS) is 19.4. The van der Waals surface area contributed by atoms with Gasteiger partial charge in [0.1, 0.15) is 6.04 Å². The molecule has 3 amide bonds. The minimum Gasteiger partial charge on any atom is -0.351 e. The molecule has 1 saturated heterocycles. The van der Waals surface area contributed by atoms with Crippen LogP contribution in [0.4, 0.5) is 5.69 Å². The zero-order valence-corrected chi connectivity index (χ0v) is 21.5. The van der Waals surface area contributed by atoms with Crippen LogP contribution in [0, 0.1) is 0 Å². The summed E-state index contributed by atoms with van der Waals surface area (Å²) in [6.45, 7) is 0.715. The highest BCUT2D eigenvalue weighted by atomic mass is 16.2. The number of benzene rings is 2. The first-order valence-corrected chi connectivity index (χ1v) is 13.5. The van der Waals surface area contributed by atoms with E-state index in [9.17, 15) is 14.4 Å². The smallest absolute Gasteiger partial charge is 0.247 e. The average molecular weight is 506 g/mol. The van der Waals surface area contributed by atoms with E-state index in [1.807, 2.05) is 30.3 Å². The monoisotopic (exact) mass is 505 g/mol. The van der Waals surface area contributed by atoms with Crippen molar-refractivity contribution < 1.29 is 14.4 Å². The number of carbonyl (C=O) groups is 3. The van der Waals surface area contributed by atoms with Gasteiger partial charge in [-0.1, -0.05) is 36.4 Å². The molecule has 1 aliphatic heterocycles. The molecular formula is C29H39N5O3. The number of carbonyl (C=O) groups excluding carboxylic acids is 3. The van der Waals surface area contributed by atoms with Crippen LogP contribution in [0.2, 0.25) is 0 Å². The molecule has 0 radical (unpaired) electrons. The number of nitrogens with two attached hydrogens (primary N) is 2. The highest BCUT2D eigenvalue weighted by Crippen LogP contribution is 2.26. The molecule has 0 spiro atoms. The highest BCUT2D eigenvalue weighted by molar-refractivity contribution is 5.98. The van der Waals surface area contributed by atoms with Crippen LogP contribution in [0.15, 0.2) is 48.5 Å². The lowest BCUT2D eigenvalue weighted by Gasteiger charge is -2.26. The van der Waals surface area contributed by atoms with E-state index in [2.05, 4.69) is 28.8 Å². The van der Waals surface area contributed by atoms with Gasteiger partial charge in [-0.2, -0.15) is 0 Å². The van der Waals surface area contributed by atoms with Crippen LogP contribution >= 0.6 is 0 Å². The van der Waals surface area contributed by atoms with Crippen molar-refractivity contribution in [3.8, 4) is 0 Å². The van der Waals surface area contributed by atoms with E-state index < -0.39 is 12.1 Å². The minimum absolute atomic E-state index is 0.0690. The number of likely N-dealkylation sites (tertiary alicyclic amines) is 1. The van der Waals surface area contributed by atoms with Crippen molar-refractivity contribution in [3.63, 3.8) is 0 Å². The Morgan fingerprint density at radius 3 is 2.59 bits per heavy atom. The van der Waals surface area contributed by atoms with Crippen molar-refractivity contribution in [2.75, 3.05) is 18.4 Å². The van der Waals surface area contributed by atoms with Crippen LogP contribution < -0.4 is 22.1 Å². The molecular weight excluding hydrogens is 466 g/mol. The number of hydrogen-bond donors (Lipinski definition) is 4. The third-order valence-corrected chi connectivity index (χ3v) is 7.37. The number of nitrogens with zero attached hydrogens (tertiary/aromatic N) is 1. The lowest BCUT2D eigenvalue weighted by molar-refractivity contribution is -0.138. The van der Waals surface area contributed by atoms with Gasteiger partial charge in [0.05, 0.1) is 6.04 Å². The van der Waals surface area contributed by atoms with Crippen LogP contribution in [-0.2, 0) is 33.6 Å². The summed E-state index contributed by atoms with van der Waals surface area (Å²) in [6.07, 6.45) is 6.62. The van der Waals surface area contributed by atoms with Crippen molar-refractivity contribution in [1.82, 2.24) is 10.2 Å². The van der Waals surface area contributed by atoms with Gasteiger partial charge < -0.3 is 27.0 Å². The summed E-state index contributed by atoms with van der Waals surface area (Å²) < 4.78 is 0. The number of nitrogens with one attached hydrogen (secondary N) is 2. The predicted molar refractivity (Wildman–Crippen MR) is 145 cm³/mol. The zero-order valence-electron chi connectivity index (χ0n) is 21.5. The highest BCUT2D eigenvalue weighted by Gasteiger charge is 2.41. The van der Waals surface area contributed by atoms with Crippen molar-refractivity contribution in [1.29, 1.82) is 0 Å². The topological polar surface area (TPSA) is 131 Å². The number of hydrogen-bond acceptors (Lipinski definition) is 5. The molecule has 4 rings (SSSR count). The summed E-state index contributed by atoms with van der Waals surface area (Å²) in [5, 5.41) is 6.04. The second-order valence-electron chi connectivity index (χ2n) is 10.2. The Bertz CT molecular complexity index is 1090. The van der Waals surface area contributed by atoms with E-state index in [0.29, 0.717) is 32.2 Å². The predicted octanol–water partition coefficient (Wildman–Crippen LogP) is 2.29. The van der Waals surface area contributed by atoms with Gasteiger partial charge >= 0.3 is 0 Å². The van der Waals surface area contributed by atoms with Crippen LogP contribution in [0.25, 0.3) is 0 Å². The molecule has 6 N–H and O–H groups in total.